The highest BCUT2D eigenvalue weighted by atomic mass is 32.2. The van der Waals surface area contributed by atoms with Crippen molar-refractivity contribution in [3.63, 3.8) is 0 Å². The molecule has 1 unspecified atom stereocenters. The molecule has 128 valence electrons. The Kier molecular flexibility index (Phi) is 5.84. The van der Waals surface area contributed by atoms with E-state index < -0.39 is 15.9 Å². The Morgan fingerprint density at radius 2 is 2.04 bits per heavy atom. The van der Waals surface area contributed by atoms with Gasteiger partial charge in [-0.3, -0.25) is 4.79 Å². The Balaban J connectivity index is 1.97. The van der Waals surface area contributed by atoms with Gasteiger partial charge in [0.15, 0.2) is 21.3 Å². The van der Waals surface area contributed by atoms with Gasteiger partial charge < -0.3 is 19.5 Å². The molecule has 0 bridgehead atoms. The first-order valence-electron chi connectivity index (χ1n) is 7.32. The minimum absolute atomic E-state index is 0.0371. The standard InChI is InChI=1S/C15H21NO6S/c1-20-12-6-5-11(10-14(12)21-2)23(18,19)9-7-16-15(17)13-4-3-8-22-13/h5-6,10,13H,3-4,7-9H2,1-2H3,(H,16,17). The maximum Gasteiger partial charge on any atom is 0.249 e. The van der Waals surface area contributed by atoms with E-state index in [1.807, 2.05) is 0 Å². The summed E-state index contributed by atoms with van der Waals surface area (Å²) in [5.74, 6) is 0.348. The molecule has 1 fully saturated rings. The molecular formula is C15H21NO6S. The maximum atomic E-state index is 12.3. The Morgan fingerprint density at radius 1 is 1.30 bits per heavy atom. The van der Waals surface area contributed by atoms with E-state index in [1.54, 1.807) is 0 Å². The first kappa shape index (κ1) is 17.6. The van der Waals surface area contributed by atoms with Crippen LogP contribution in [0.2, 0.25) is 0 Å². The molecule has 1 heterocycles. The van der Waals surface area contributed by atoms with Crippen LogP contribution in [0.5, 0.6) is 11.5 Å². The van der Waals surface area contributed by atoms with Crippen molar-refractivity contribution in [2.75, 3.05) is 33.1 Å². The predicted octanol–water partition coefficient (Wildman–Crippen LogP) is 0.773. The van der Waals surface area contributed by atoms with Gasteiger partial charge in [0.1, 0.15) is 6.10 Å². The molecule has 2 rings (SSSR count). The normalized spacial score (nSPS) is 17.7. The second kappa shape index (κ2) is 7.65. The fourth-order valence-electron chi connectivity index (χ4n) is 2.33. The molecule has 1 aromatic carbocycles. The summed E-state index contributed by atoms with van der Waals surface area (Å²) in [6.45, 7) is 0.609. The van der Waals surface area contributed by atoms with Crippen molar-refractivity contribution < 1.29 is 27.4 Å². The van der Waals surface area contributed by atoms with E-state index in [9.17, 15) is 13.2 Å². The quantitative estimate of drug-likeness (QED) is 0.786. The average Bonchev–Trinajstić information content (AvgIpc) is 3.08. The van der Waals surface area contributed by atoms with Crippen LogP contribution < -0.4 is 14.8 Å². The number of hydrogen-bond acceptors (Lipinski definition) is 6. The molecule has 1 saturated heterocycles. The molecule has 1 aliphatic rings. The average molecular weight is 343 g/mol. The molecule has 0 spiro atoms. The number of methoxy groups -OCH3 is 2. The highest BCUT2D eigenvalue weighted by Gasteiger charge is 2.24. The zero-order chi connectivity index (χ0) is 16.9. The largest absolute Gasteiger partial charge is 0.493 e. The van der Waals surface area contributed by atoms with Crippen LogP contribution in [-0.4, -0.2) is 53.6 Å². The van der Waals surface area contributed by atoms with Crippen molar-refractivity contribution in [3.05, 3.63) is 18.2 Å². The molecule has 1 atom stereocenters. The highest BCUT2D eigenvalue weighted by Crippen LogP contribution is 2.29. The number of ether oxygens (including phenoxy) is 3. The molecule has 1 aliphatic heterocycles. The number of carbonyl (C=O) groups excluding carboxylic acids is 1. The summed E-state index contributed by atoms with van der Waals surface area (Å²) < 4.78 is 40.1. The topological polar surface area (TPSA) is 90.9 Å². The molecule has 0 aromatic heterocycles. The van der Waals surface area contributed by atoms with Crippen LogP contribution in [0.4, 0.5) is 0 Å². The summed E-state index contributed by atoms with van der Waals surface area (Å²) in [6, 6.07) is 4.41. The molecule has 1 N–H and O–H groups in total. The number of carbonyl (C=O) groups is 1. The van der Waals surface area contributed by atoms with E-state index in [0.717, 1.165) is 6.42 Å². The molecule has 8 heteroatoms. The first-order valence-corrected chi connectivity index (χ1v) is 8.97. The van der Waals surface area contributed by atoms with Crippen molar-refractivity contribution in [1.29, 1.82) is 0 Å². The fourth-order valence-corrected chi connectivity index (χ4v) is 3.50. The van der Waals surface area contributed by atoms with Crippen LogP contribution in [0.25, 0.3) is 0 Å². The SMILES string of the molecule is COc1ccc(S(=O)(=O)CCNC(=O)C2CCCO2)cc1OC. The minimum atomic E-state index is -3.53. The lowest BCUT2D eigenvalue weighted by atomic mass is 10.2. The molecule has 0 aliphatic carbocycles. The van der Waals surface area contributed by atoms with Crippen LogP contribution >= 0.6 is 0 Å². The molecule has 23 heavy (non-hydrogen) atoms. The van der Waals surface area contributed by atoms with Crippen molar-refractivity contribution in [3.8, 4) is 11.5 Å². The van der Waals surface area contributed by atoms with Gasteiger partial charge in [0.05, 0.1) is 24.9 Å². The molecule has 0 radical (unpaired) electrons. The number of nitrogens with one attached hydrogen (secondary N) is 1. The monoisotopic (exact) mass is 343 g/mol. The molecular weight excluding hydrogens is 322 g/mol. The van der Waals surface area contributed by atoms with Gasteiger partial charge in [-0.25, -0.2) is 8.42 Å². The third kappa shape index (κ3) is 4.35. The van der Waals surface area contributed by atoms with Gasteiger partial charge in [0.2, 0.25) is 5.91 Å². The van der Waals surface area contributed by atoms with E-state index in [4.69, 9.17) is 14.2 Å². The second-order valence-electron chi connectivity index (χ2n) is 5.13. The van der Waals surface area contributed by atoms with Gasteiger partial charge in [-0.1, -0.05) is 0 Å². The summed E-state index contributed by atoms with van der Waals surface area (Å²) in [6.07, 6.45) is 1.06. The summed E-state index contributed by atoms with van der Waals surface area (Å²) in [5, 5.41) is 2.60. The lowest BCUT2D eigenvalue weighted by Gasteiger charge is -2.12. The summed E-state index contributed by atoms with van der Waals surface area (Å²) in [4.78, 5) is 11.9. The number of hydrogen-bond donors (Lipinski definition) is 1. The van der Waals surface area contributed by atoms with Crippen LogP contribution in [0.1, 0.15) is 12.8 Å². The van der Waals surface area contributed by atoms with Gasteiger partial charge in [-0.2, -0.15) is 0 Å². The van der Waals surface area contributed by atoms with E-state index in [2.05, 4.69) is 5.32 Å². The predicted molar refractivity (Wildman–Crippen MR) is 83.6 cm³/mol. The van der Waals surface area contributed by atoms with Crippen LogP contribution in [0.15, 0.2) is 23.1 Å². The number of rotatable bonds is 7. The Labute approximate surface area is 135 Å². The molecule has 1 amide bonds. The van der Waals surface area contributed by atoms with Gasteiger partial charge in [0, 0.05) is 19.2 Å². The van der Waals surface area contributed by atoms with Gasteiger partial charge >= 0.3 is 0 Å². The summed E-state index contributed by atoms with van der Waals surface area (Å²) in [7, 11) is -0.609. The van der Waals surface area contributed by atoms with Crippen LogP contribution in [0.3, 0.4) is 0 Å². The summed E-state index contributed by atoms with van der Waals surface area (Å²) >= 11 is 0. The third-order valence-corrected chi connectivity index (χ3v) is 5.32. The van der Waals surface area contributed by atoms with E-state index in [-0.39, 0.29) is 23.1 Å². The molecule has 1 aromatic rings. The lowest BCUT2D eigenvalue weighted by Crippen LogP contribution is -2.36. The van der Waals surface area contributed by atoms with Crippen molar-refractivity contribution in [1.82, 2.24) is 5.32 Å². The Hall–Kier alpha value is -1.80. The van der Waals surface area contributed by atoms with E-state index in [1.165, 1.54) is 32.4 Å². The second-order valence-corrected chi connectivity index (χ2v) is 7.24. The maximum absolute atomic E-state index is 12.3. The zero-order valence-corrected chi connectivity index (χ0v) is 14.0. The van der Waals surface area contributed by atoms with Crippen molar-refractivity contribution in [2.45, 2.75) is 23.8 Å². The number of amides is 1. The number of sulfone groups is 1. The number of benzene rings is 1. The zero-order valence-electron chi connectivity index (χ0n) is 13.2. The highest BCUT2D eigenvalue weighted by molar-refractivity contribution is 7.91. The van der Waals surface area contributed by atoms with E-state index in [0.29, 0.717) is 24.5 Å². The van der Waals surface area contributed by atoms with Crippen LogP contribution in [0, 0.1) is 0 Å². The Bertz CT molecular complexity index is 652. The Morgan fingerprint density at radius 3 is 2.65 bits per heavy atom. The van der Waals surface area contributed by atoms with Crippen LogP contribution in [-0.2, 0) is 19.4 Å². The third-order valence-electron chi connectivity index (χ3n) is 3.61. The fraction of sp³-hybridized carbons (Fsp3) is 0.533. The minimum Gasteiger partial charge on any atom is -0.493 e. The lowest BCUT2D eigenvalue weighted by molar-refractivity contribution is -0.129. The van der Waals surface area contributed by atoms with Gasteiger partial charge in [0.25, 0.3) is 0 Å². The first-order chi connectivity index (χ1) is 11.0. The van der Waals surface area contributed by atoms with E-state index >= 15 is 0 Å². The van der Waals surface area contributed by atoms with Gasteiger partial charge in [-0.15, -0.1) is 0 Å². The van der Waals surface area contributed by atoms with Gasteiger partial charge in [-0.05, 0) is 25.0 Å². The van der Waals surface area contributed by atoms with Crippen molar-refractivity contribution >= 4 is 15.7 Å². The molecule has 0 saturated carbocycles. The summed E-state index contributed by atoms with van der Waals surface area (Å²) in [5.41, 5.74) is 0. The smallest absolute Gasteiger partial charge is 0.249 e. The van der Waals surface area contributed by atoms with Crippen molar-refractivity contribution in [2.24, 2.45) is 0 Å². The molecule has 7 nitrogen and oxygen atoms in total.